The normalized spacial score (nSPS) is 29.6. The van der Waals surface area contributed by atoms with Crippen LogP contribution in [0.15, 0.2) is 18.2 Å². The number of alkyl halides is 1. The highest BCUT2D eigenvalue weighted by Gasteiger charge is 2.33. The average molecular weight is 223 g/mol. The van der Waals surface area contributed by atoms with Crippen LogP contribution in [-0.4, -0.2) is 0 Å². The number of hydrogen-bond donors (Lipinski definition) is 0. The summed E-state index contributed by atoms with van der Waals surface area (Å²) < 4.78 is 0. The van der Waals surface area contributed by atoms with Gasteiger partial charge in [-0.3, -0.25) is 0 Å². The van der Waals surface area contributed by atoms with Gasteiger partial charge in [0.1, 0.15) is 0 Å². The van der Waals surface area contributed by atoms with Gasteiger partial charge in [-0.25, -0.2) is 0 Å². The third-order valence-electron chi connectivity index (χ3n) is 3.82. The fraction of sp³-hybridized carbons (Fsp3) is 0.571. The van der Waals surface area contributed by atoms with Crippen LogP contribution in [-0.2, 0) is 0 Å². The third-order valence-corrected chi connectivity index (χ3v) is 4.45. The minimum atomic E-state index is 0.202. The van der Waals surface area contributed by atoms with Crippen molar-refractivity contribution < 1.29 is 0 Å². The van der Waals surface area contributed by atoms with Gasteiger partial charge in [0, 0.05) is 0 Å². The van der Waals surface area contributed by atoms with E-state index in [1.165, 1.54) is 16.7 Å². The van der Waals surface area contributed by atoms with Gasteiger partial charge in [-0.2, -0.15) is 0 Å². The molecule has 1 heteroatoms. The SMILES string of the molecule is CC(C)c1ccc2c(c1)C(Cl)C(C)C2C. The molecule has 2 rings (SSSR count). The summed E-state index contributed by atoms with van der Waals surface area (Å²) in [5.74, 6) is 1.75. The van der Waals surface area contributed by atoms with Crippen LogP contribution >= 0.6 is 11.6 Å². The van der Waals surface area contributed by atoms with Crippen molar-refractivity contribution in [2.24, 2.45) is 5.92 Å². The molecule has 0 saturated heterocycles. The maximum Gasteiger partial charge on any atom is 0.0619 e. The van der Waals surface area contributed by atoms with E-state index in [0.717, 1.165) is 0 Å². The number of fused-ring (bicyclic) bond motifs is 1. The molecule has 0 aromatic heterocycles. The topological polar surface area (TPSA) is 0 Å². The standard InChI is InChI=1S/C14H19Cl/c1-8(2)11-5-6-12-9(3)10(4)14(15)13(12)7-11/h5-10,14H,1-4H3. The van der Waals surface area contributed by atoms with Crippen molar-refractivity contribution in [3.05, 3.63) is 34.9 Å². The van der Waals surface area contributed by atoms with Gasteiger partial charge >= 0.3 is 0 Å². The van der Waals surface area contributed by atoms with Gasteiger partial charge in [0.05, 0.1) is 5.38 Å². The van der Waals surface area contributed by atoms with Crippen molar-refractivity contribution in [2.75, 3.05) is 0 Å². The first-order chi connectivity index (χ1) is 7.02. The summed E-state index contributed by atoms with van der Waals surface area (Å²) in [6.07, 6.45) is 0. The summed E-state index contributed by atoms with van der Waals surface area (Å²) in [4.78, 5) is 0. The van der Waals surface area contributed by atoms with E-state index in [0.29, 0.717) is 17.8 Å². The molecule has 0 spiro atoms. The fourth-order valence-electron chi connectivity index (χ4n) is 2.43. The molecular formula is C14H19Cl. The van der Waals surface area contributed by atoms with Crippen LogP contribution in [0.4, 0.5) is 0 Å². The highest BCUT2D eigenvalue weighted by atomic mass is 35.5. The van der Waals surface area contributed by atoms with Crippen LogP contribution in [0.5, 0.6) is 0 Å². The first-order valence-corrected chi connectivity index (χ1v) is 6.23. The van der Waals surface area contributed by atoms with E-state index in [-0.39, 0.29) is 5.38 Å². The monoisotopic (exact) mass is 222 g/mol. The first-order valence-electron chi connectivity index (χ1n) is 5.80. The average Bonchev–Trinajstić information content (AvgIpc) is 2.44. The van der Waals surface area contributed by atoms with E-state index < -0.39 is 0 Å². The molecule has 15 heavy (non-hydrogen) atoms. The van der Waals surface area contributed by atoms with Crippen LogP contribution in [0.2, 0.25) is 0 Å². The summed E-state index contributed by atoms with van der Waals surface area (Å²) >= 11 is 6.46. The summed E-state index contributed by atoms with van der Waals surface area (Å²) in [6, 6.07) is 6.83. The third kappa shape index (κ3) is 1.69. The lowest BCUT2D eigenvalue weighted by Crippen LogP contribution is -2.00. The number of benzene rings is 1. The number of halogens is 1. The van der Waals surface area contributed by atoms with Crippen molar-refractivity contribution in [3.63, 3.8) is 0 Å². The maximum absolute atomic E-state index is 6.46. The van der Waals surface area contributed by atoms with Crippen LogP contribution in [0.3, 0.4) is 0 Å². The van der Waals surface area contributed by atoms with E-state index >= 15 is 0 Å². The molecular weight excluding hydrogens is 204 g/mol. The van der Waals surface area contributed by atoms with Gasteiger partial charge in [0.15, 0.2) is 0 Å². The molecule has 1 aliphatic rings. The fourth-order valence-corrected chi connectivity index (χ4v) is 2.83. The lowest BCUT2D eigenvalue weighted by Gasteiger charge is -2.11. The van der Waals surface area contributed by atoms with Crippen molar-refractivity contribution in [1.29, 1.82) is 0 Å². The molecule has 3 unspecified atom stereocenters. The van der Waals surface area contributed by atoms with Gasteiger partial charge in [-0.15, -0.1) is 11.6 Å². The Balaban J connectivity index is 2.47. The minimum absolute atomic E-state index is 0.202. The van der Waals surface area contributed by atoms with Crippen LogP contribution in [0, 0.1) is 5.92 Å². The lowest BCUT2D eigenvalue weighted by atomic mass is 9.95. The molecule has 0 radical (unpaired) electrons. The molecule has 3 atom stereocenters. The molecule has 0 amide bonds. The second kappa shape index (κ2) is 3.83. The van der Waals surface area contributed by atoms with Crippen molar-refractivity contribution in [2.45, 2.75) is 44.9 Å². The van der Waals surface area contributed by atoms with E-state index in [1.807, 2.05) is 0 Å². The van der Waals surface area contributed by atoms with Crippen molar-refractivity contribution in [3.8, 4) is 0 Å². The lowest BCUT2D eigenvalue weighted by molar-refractivity contribution is 0.519. The molecule has 0 fully saturated rings. The molecule has 0 nitrogen and oxygen atoms in total. The maximum atomic E-state index is 6.46. The second-order valence-electron chi connectivity index (χ2n) is 5.09. The predicted molar refractivity (Wildman–Crippen MR) is 66.7 cm³/mol. The highest BCUT2D eigenvalue weighted by Crippen LogP contribution is 2.48. The number of hydrogen-bond acceptors (Lipinski definition) is 0. The zero-order valence-electron chi connectivity index (χ0n) is 9.92. The summed E-state index contributed by atoms with van der Waals surface area (Å²) in [5, 5.41) is 0.202. The second-order valence-corrected chi connectivity index (χ2v) is 5.56. The minimum Gasteiger partial charge on any atom is -0.117 e. The zero-order chi connectivity index (χ0) is 11.2. The molecule has 0 aliphatic heterocycles. The zero-order valence-corrected chi connectivity index (χ0v) is 10.7. The Kier molecular flexibility index (Phi) is 2.81. The molecule has 0 N–H and O–H groups in total. The molecule has 0 saturated carbocycles. The highest BCUT2D eigenvalue weighted by molar-refractivity contribution is 6.21. The molecule has 1 aromatic carbocycles. The van der Waals surface area contributed by atoms with Gasteiger partial charge in [-0.1, -0.05) is 45.9 Å². The Morgan fingerprint density at radius 2 is 1.80 bits per heavy atom. The van der Waals surface area contributed by atoms with Crippen LogP contribution in [0.1, 0.15) is 61.6 Å². The van der Waals surface area contributed by atoms with E-state index in [2.05, 4.69) is 45.9 Å². The molecule has 1 aliphatic carbocycles. The van der Waals surface area contributed by atoms with Crippen LogP contribution < -0.4 is 0 Å². The first kappa shape index (κ1) is 11.0. The molecule has 0 bridgehead atoms. The Labute approximate surface area is 97.6 Å². The van der Waals surface area contributed by atoms with Gasteiger partial charge in [0.2, 0.25) is 0 Å². The largest absolute Gasteiger partial charge is 0.117 e. The molecule has 0 heterocycles. The summed E-state index contributed by atoms with van der Waals surface area (Å²) in [6.45, 7) is 8.98. The Morgan fingerprint density at radius 1 is 1.13 bits per heavy atom. The van der Waals surface area contributed by atoms with Crippen LogP contribution in [0.25, 0.3) is 0 Å². The Bertz CT molecular complexity index is 368. The van der Waals surface area contributed by atoms with Crippen molar-refractivity contribution in [1.82, 2.24) is 0 Å². The van der Waals surface area contributed by atoms with Crippen molar-refractivity contribution >= 4 is 11.6 Å². The van der Waals surface area contributed by atoms with Gasteiger partial charge < -0.3 is 0 Å². The van der Waals surface area contributed by atoms with E-state index in [9.17, 15) is 0 Å². The van der Waals surface area contributed by atoms with E-state index in [4.69, 9.17) is 11.6 Å². The molecule has 82 valence electrons. The predicted octanol–water partition coefficient (Wildman–Crippen LogP) is 4.84. The molecule has 1 aromatic rings. The smallest absolute Gasteiger partial charge is 0.0619 e. The Morgan fingerprint density at radius 3 is 2.40 bits per heavy atom. The van der Waals surface area contributed by atoms with E-state index in [1.54, 1.807) is 0 Å². The quantitative estimate of drug-likeness (QED) is 0.597. The summed E-state index contributed by atoms with van der Waals surface area (Å²) in [7, 11) is 0. The summed E-state index contributed by atoms with van der Waals surface area (Å²) in [5.41, 5.74) is 4.22. The Hall–Kier alpha value is -0.490. The number of rotatable bonds is 1. The van der Waals surface area contributed by atoms with Gasteiger partial charge in [-0.05, 0) is 34.4 Å². The van der Waals surface area contributed by atoms with Gasteiger partial charge in [0.25, 0.3) is 0 Å².